The second kappa shape index (κ2) is 9.78. The van der Waals surface area contributed by atoms with E-state index in [-0.39, 0.29) is 62.1 Å². The fourth-order valence-electron chi connectivity index (χ4n) is 6.50. The van der Waals surface area contributed by atoms with Crippen LogP contribution in [0, 0.1) is 27.9 Å². The number of hydrogen-bond acceptors (Lipinski definition) is 8. The van der Waals surface area contributed by atoms with E-state index in [4.69, 9.17) is 16.3 Å². The van der Waals surface area contributed by atoms with E-state index < -0.39 is 46.2 Å². The van der Waals surface area contributed by atoms with E-state index in [0.29, 0.717) is 11.1 Å². The van der Waals surface area contributed by atoms with E-state index >= 15 is 0 Å². The number of nitro benzene ring substituents is 1. The average molecular weight is 640 g/mol. The molecule has 4 unspecified atom stereocenters. The molecule has 0 bridgehead atoms. The number of ketones is 2. The normalized spacial score (nSPS) is 25.4. The van der Waals surface area contributed by atoms with E-state index in [2.05, 4.69) is 15.9 Å². The lowest BCUT2D eigenvalue weighted by molar-refractivity contribution is -0.384. The Morgan fingerprint density at radius 1 is 1.12 bits per heavy atom. The van der Waals surface area contributed by atoms with E-state index in [0.717, 1.165) is 4.90 Å². The molecule has 6 rings (SSSR count). The summed E-state index contributed by atoms with van der Waals surface area (Å²) >= 11 is 9.50. The number of halogens is 2. The van der Waals surface area contributed by atoms with Crippen LogP contribution in [0.5, 0.6) is 11.5 Å². The average Bonchev–Trinajstić information content (AvgIpc) is 3.21. The standard InChI is InChI=1S/C29H20BrClN2O8/c1-41-22-8-12(7-20(31)27(22)36)23-15-5-6-16-24(17(15)10-18-25(23)21(34)11-19(30)26(18)35)29(38)32(28(16)37)13-3-2-4-14(9-13)33(39)40/h2-5,7-9,11,16-17,23-24,36H,6,10H2,1H3. The van der Waals surface area contributed by atoms with Crippen molar-refractivity contribution in [2.24, 2.45) is 17.8 Å². The number of carbonyl (C=O) groups excluding carboxylic acids is 4. The van der Waals surface area contributed by atoms with Crippen LogP contribution in [0.25, 0.3) is 0 Å². The zero-order valence-corrected chi connectivity index (χ0v) is 23.6. The molecule has 2 aromatic rings. The molecule has 0 aromatic heterocycles. The molecule has 208 valence electrons. The number of fused-ring (bicyclic) bond motifs is 3. The first-order chi connectivity index (χ1) is 19.5. The van der Waals surface area contributed by atoms with Crippen LogP contribution < -0.4 is 9.64 Å². The molecule has 41 heavy (non-hydrogen) atoms. The van der Waals surface area contributed by atoms with Gasteiger partial charge in [-0.25, -0.2) is 4.90 Å². The van der Waals surface area contributed by atoms with Crippen LogP contribution in [0.4, 0.5) is 11.4 Å². The molecule has 0 radical (unpaired) electrons. The molecule has 1 fully saturated rings. The molecular weight excluding hydrogens is 620 g/mol. The number of anilines is 1. The Kier molecular flexibility index (Phi) is 6.46. The van der Waals surface area contributed by atoms with Crippen molar-refractivity contribution >= 4 is 62.3 Å². The minimum atomic E-state index is -0.861. The number of rotatable bonds is 4. The predicted molar refractivity (Wildman–Crippen MR) is 150 cm³/mol. The van der Waals surface area contributed by atoms with Gasteiger partial charge in [0.25, 0.3) is 5.69 Å². The fourth-order valence-corrected chi connectivity index (χ4v) is 7.17. The number of Topliss-reactive ketones (excluding diaryl/α,β-unsaturated/α-hetero) is 1. The van der Waals surface area contributed by atoms with Crippen molar-refractivity contribution < 1.29 is 33.9 Å². The number of non-ortho nitro benzene ring substituents is 1. The lowest BCUT2D eigenvalue weighted by atomic mass is 9.59. The van der Waals surface area contributed by atoms with Crippen molar-refractivity contribution in [2.45, 2.75) is 18.8 Å². The van der Waals surface area contributed by atoms with Crippen molar-refractivity contribution in [2.75, 3.05) is 12.0 Å². The van der Waals surface area contributed by atoms with Crippen LogP contribution in [0.1, 0.15) is 24.3 Å². The van der Waals surface area contributed by atoms with Crippen LogP contribution in [-0.2, 0) is 19.2 Å². The van der Waals surface area contributed by atoms with Gasteiger partial charge in [0.2, 0.25) is 11.8 Å². The molecular formula is C29H20BrClN2O8. The first-order valence-electron chi connectivity index (χ1n) is 12.6. The van der Waals surface area contributed by atoms with Gasteiger partial charge in [-0.2, -0.15) is 0 Å². The molecule has 1 heterocycles. The summed E-state index contributed by atoms with van der Waals surface area (Å²) in [6.07, 6.45) is 3.29. The van der Waals surface area contributed by atoms with E-state index in [1.807, 2.05) is 6.08 Å². The Morgan fingerprint density at radius 3 is 2.59 bits per heavy atom. The molecule has 2 amide bonds. The van der Waals surface area contributed by atoms with Gasteiger partial charge in [0.05, 0.1) is 39.1 Å². The zero-order chi connectivity index (χ0) is 29.3. The summed E-state index contributed by atoms with van der Waals surface area (Å²) in [5, 5.41) is 21.7. The van der Waals surface area contributed by atoms with E-state index in [9.17, 15) is 34.4 Å². The molecule has 1 N–H and O–H groups in total. The Hall–Kier alpha value is -4.09. The monoisotopic (exact) mass is 638 g/mol. The third-order valence-corrected chi connectivity index (χ3v) is 9.11. The Morgan fingerprint density at radius 2 is 1.88 bits per heavy atom. The highest BCUT2D eigenvalue weighted by Crippen LogP contribution is 2.56. The number of allylic oxidation sites excluding steroid dienone is 6. The number of amides is 2. The maximum absolute atomic E-state index is 13.9. The minimum Gasteiger partial charge on any atom is -0.503 e. The second-order valence-electron chi connectivity index (χ2n) is 10.2. The van der Waals surface area contributed by atoms with Gasteiger partial charge in [-0.15, -0.1) is 0 Å². The summed E-state index contributed by atoms with van der Waals surface area (Å²) in [5.41, 5.74) is 1.48. The molecule has 12 heteroatoms. The summed E-state index contributed by atoms with van der Waals surface area (Å²) in [7, 11) is 1.36. The van der Waals surface area contributed by atoms with Crippen molar-refractivity contribution in [3.05, 3.63) is 90.5 Å². The summed E-state index contributed by atoms with van der Waals surface area (Å²) in [4.78, 5) is 66.0. The highest BCUT2D eigenvalue weighted by molar-refractivity contribution is 9.12. The smallest absolute Gasteiger partial charge is 0.271 e. The predicted octanol–water partition coefficient (Wildman–Crippen LogP) is 4.93. The van der Waals surface area contributed by atoms with Crippen molar-refractivity contribution in [1.82, 2.24) is 0 Å². The third-order valence-electron chi connectivity index (χ3n) is 8.23. The van der Waals surface area contributed by atoms with Gasteiger partial charge in [-0.1, -0.05) is 29.3 Å². The number of nitrogens with zero attached hydrogens (tertiary/aromatic N) is 2. The topological polar surface area (TPSA) is 144 Å². The molecule has 3 aliphatic carbocycles. The number of nitro groups is 1. The van der Waals surface area contributed by atoms with E-state index in [1.54, 1.807) is 0 Å². The maximum Gasteiger partial charge on any atom is 0.271 e. The summed E-state index contributed by atoms with van der Waals surface area (Å²) in [6, 6.07) is 8.36. The number of methoxy groups -OCH3 is 1. The van der Waals surface area contributed by atoms with Crippen LogP contribution in [0.3, 0.4) is 0 Å². The van der Waals surface area contributed by atoms with Gasteiger partial charge < -0.3 is 9.84 Å². The van der Waals surface area contributed by atoms with Crippen molar-refractivity contribution in [1.29, 1.82) is 0 Å². The van der Waals surface area contributed by atoms with Crippen LogP contribution >= 0.6 is 27.5 Å². The van der Waals surface area contributed by atoms with Gasteiger partial charge in [-0.3, -0.25) is 29.3 Å². The highest BCUT2D eigenvalue weighted by Gasteiger charge is 2.56. The number of carbonyl (C=O) groups is 4. The molecule has 1 aliphatic heterocycles. The Bertz CT molecular complexity index is 1710. The SMILES string of the molecule is COc1cc(C2C3=CCC4C(=O)N(c5cccc([N+](=O)[O-])c5)C(=O)C4C3CC3=C2C(=O)C=C(Br)C3=O)cc(Cl)c1O. The lowest BCUT2D eigenvalue weighted by Crippen LogP contribution is -2.39. The Labute approximate surface area is 246 Å². The summed E-state index contributed by atoms with van der Waals surface area (Å²) < 4.78 is 5.38. The molecule has 4 atom stereocenters. The largest absolute Gasteiger partial charge is 0.503 e. The van der Waals surface area contributed by atoms with E-state index in [1.165, 1.54) is 49.6 Å². The number of benzene rings is 2. The maximum atomic E-state index is 13.9. The molecule has 2 aromatic carbocycles. The first kappa shape index (κ1) is 27.1. The molecule has 10 nitrogen and oxygen atoms in total. The minimum absolute atomic E-state index is 0.0202. The first-order valence-corrected chi connectivity index (χ1v) is 13.8. The summed E-state index contributed by atoms with van der Waals surface area (Å²) in [6.45, 7) is 0. The van der Waals surface area contributed by atoms with Gasteiger partial charge in [-0.05, 0) is 58.5 Å². The third kappa shape index (κ3) is 4.06. The molecule has 0 saturated carbocycles. The number of aromatic hydroxyl groups is 1. The van der Waals surface area contributed by atoms with Crippen LogP contribution in [0.2, 0.25) is 5.02 Å². The second-order valence-corrected chi connectivity index (χ2v) is 11.5. The van der Waals surface area contributed by atoms with Crippen molar-refractivity contribution in [3.8, 4) is 11.5 Å². The van der Waals surface area contributed by atoms with Gasteiger partial charge >= 0.3 is 0 Å². The van der Waals surface area contributed by atoms with Gasteiger partial charge in [0, 0.05) is 35.3 Å². The lowest BCUT2D eigenvalue weighted by Gasteiger charge is -2.42. The number of imide groups is 1. The molecule has 0 spiro atoms. The van der Waals surface area contributed by atoms with Crippen molar-refractivity contribution in [3.63, 3.8) is 0 Å². The highest BCUT2D eigenvalue weighted by atomic mass is 79.9. The number of phenolic OH excluding ortho intramolecular Hbond substituents is 1. The van der Waals surface area contributed by atoms with Gasteiger partial charge in [0.1, 0.15) is 0 Å². The molecule has 1 saturated heterocycles. The fraction of sp³-hybridized carbons (Fsp3) is 0.241. The van der Waals surface area contributed by atoms with Gasteiger partial charge in [0.15, 0.2) is 23.1 Å². The number of phenols is 1. The molecule has 4 aliphatic rings. The van der Waals surface area contributed by atoms with Crippen LogP contribution in [0.15, 0.2) is 69.8 Å². The zero-order valence-electron chi connectivity index (χ0n) is 21.3. The quantitative estimate of drug-likeness (QED) is 0.163. The number of hydrogen-bond donors (Lipinski definition) is 1. The summed E-state index contributed by atoms with van der Waals surface area (Å²) in [5.74, 6) is -5.01. The number of ether oxygens (including phenoxy) is 1. The Balaban J connectivity index is 1.49. The van der Waals surface area contributed by atoms with Crippen LogP contribution in [-0.4, -0.2) is 40.5 Å².